The molecule has 0 fully saturated rings. The first-order valence-corrected chi connectivity index (χ1v) is 1.57. The first-order valence-electron chi connectivity index (χ1n) is 7.07. The number of carbonyl (C=O) groups is 1. The van der Waals surface area contributed by atoms with Crippen LogP contribution >= 0.6 is 0 Å². The third kappa shape index (κ3) is 5.43. The summed E-state index contributed by atoms with van der Waals surface area (Å²) in [7, 11) is 0. The second-order valence-corrected chi connectivity index (χ2v) is 1.09. The van der Waals surface area contributed by atoms with E-state index in [0.29, 0.717) is 0 Å². The molecular weight excluding hydrogens is 106 g/mol. The Hall–Kier alpha value is -0.570. The molecule has 0 rings (SSSR count). The SMILES string of the molecule is [2H]C([2H])([2H])[N+](C([2H])([2H])[2H])(C([2H])([2H])[2H])C([2H])([2H])C(=O)O. The Morgan fingerprint density at radius 2 is 2.38 bits per heavy atom. The molecule has 0 atom stereocenters. The van der Waals surface area contributed by atoms with E-state index in [1.54, 1.807) is 0 Å². The van der Waals surface area contributed by atoms with E-state index in [4.69, 9.17) is 20.2 Å². The second kappa shape index (κ2) is 2.13. The molecule has 8 heavy (non-hydrogen) atoms. The molecule has 1 N–H and O–H groups in total. The van der Waals surface area contributed by atoms with Crippen LogP contribution in [0, 0.1) is 0 Å². The number of rotatable bonds is 2. The van der Waals surface area contributed by atoms with Crippen LogP contribution in [0.4, 0.5) is 0 Å². The summed E-state index contributed by atoms with van der Waals surface area (Å²) in [4.78, 5) is 10.9. The molecule has 0 aromatic carbocycles. The number of carboxylic acids is 1. The van der Waals surface area contributed by atoms with E-state index in [9.17, 15) is 4.79 Å². The number of aliphatic carboxylic acids is 1. The summed E-state index contributed by atoms with van der Waals surface area (Å²) in [6.07, 6.45) is 0. The average molecular weight is 129 g/mol. The number of hydrogen-bond acceptors (Lipinski definition) is 1. The normalized spacial score (nSPS) is 38.2. The molecule has 0 aliphatic carbocycles. The summed E-state index contributed by atoms with van der Waals surface area (Å²) in [5.74, 6) is -2.49. The predicted molar refractivity (Wildman–Crippen MR) is 30.5 cm³/mol. The van der Waals surface area contributed by atoms with Crippen molar-refractivity contribution in [3.05, 3.63) is 0 Å². The van der Waals surface area contributed by atoms with Gasteiger partial charge >= 0.3 is 5.97 Å². The van der Waals surface area contributed by atoms with E-state index in [2.05, 4.69) is 0 Å². The quantitative estimate of drug-likeness (QED) is 0.523. The van der Waals surface area contributed by atoms with E-state index in [0.717, 1.165) is 0 Å². The van der Waals surface area contributed by atoms with Gasteiger partial charge in [0.05, 0.1) is 33.3 Å². The number of nitrogens with zero attached hydrogens (tertiary/aromatic N) is 1. The first-order chi connectivity index (χ1) is 7.94. The predicted octanol–water partition coefficient (Wildman–Crippen LogP) is -0.223. The summed E-state index contributed by atoms with van der Waals surface area (Å²) in [6.45, 7) is -15.9. The third-order valence-corrected chi connectivity index (χ3v) is 0.263. The molecule has 0 aliphatic heterocycles. The Labute approximate surface area is 64.6 Å². The topological polar surface area (TPSA) is 37.3 Å². The Morgan fingerprint density at radius 3 is 2.50 bits per heavy atom. The summed E-state index contributed by atoms with van der Waals surface area (Å²) in [5, 5.41) is 8.73. The lowest BCUT2D eigenvalue weighted by atomic mass is 10.5. The standard InChI is InChI=1S/C5H11NO2/c1-6(2,3)4-5(7)8/h4H2,1-3H3/p+1/i1D3,2D3,3D3,4D2. The van der Waals surface area contributed by atoms with Gasteiger partial charge in [0.1, 0.15) is 2.74 Å². The van der Waals surface area contributed by atoms with Gasteiger partial charge in [0.25, 0.3) is 0 Å². The van der Waals surface area contributed by atoms with Crippen molar-refractivity contribution < 1.29 is 29.5 Å². The monoisotopic (exact) mass is 129 g/mol. The van der Waals surface area contributed by atoms with Crippen LogP contribution in [0.5, 0.6) is 0 Å². The molecule has 3 nitrogen and oxygen atoms in total. The maximum absolute atomic E-state index is 10.9. The van der Waals surface area contributed by atoms with Gasteiger partial charge in [-0.25, -0.2) is 4.79 Å². The zero-order chi connectivity index (χ0) is 16.1. The van der Waals surface area contributed by atoms with Gasteiger partial charge in [-0.15, -0.1) is 0 Å². The van der Waals surface area contributed by atoms with Crippen LogP contribution in [0.15, 0.2) is 0 Å². The lowest BCUT2D eigenvalue weighted by Crippen LogP contribution is -2.39. The van der Waals surface area contributed by atoms with Crippen LogP contribution in [-0.2, 0) is 4.79 Å². The Balaban J connectivity index is 6.72. The van der Waals surface area contributed by atoms with E-state index in [1.165, 1.54) is 0 Å². The molecule has 0 amide bonds. The van der Waals surface area contributed by atoms with E-state index in [-0.39, 0.29) is 0 Å². The minimum atomic E-state index is -4.07. The smallest absolute Gasteiger partial charge is 0.359 e. The van der Waals surface area contributed by atoms with Crippen LogP contribution in [-0.4, -0.2) is 43.0 Å². The highest BCUT2D eigenvalue weighted by Gasteiger charge is 2.11. The fraction of sp³-hybridized carbons (Fsp3) is 0.800. The molecule has 0 spiro atoms. The van der Waals surface area contributed by atoms with Gasteiger partial charge in [0.15, 0.2) is 6.50 Å². The molecule has 0 aromatic rings. The van der Waals surface area contributed by atoms with Gasteiger partial charge < -0.3 is 9.59 Å². The zero-order valence-corrected chi connectivity index (χ0v) is 3.80. The number of likely N-dealkylation sites (N-methyl/N-ethyl adjacent to an activating group) is 1. The molecule has 0 saturated heterocycles. The molecule has 0 radical (unpaired) electrons. The summed E-state index contributed by atoms with van der Waals surface area (Å²) < 4.78 is 75.0. The molecular formula is C5H12NO2+. The molecule has 0 saturated carbocycles. The molecule has 0 aliphatic rings. The van der Waals surface area contributed by atoms with Crippen molar-refractivity contribution in [2.75, 3.05) is 27.4 Å². The van der Waals surface area contributed by atoms with E-state index < -0.39 is 37.9 Å². The highest BCUT2D eigenvalue weighted by atomic mass is 16.4. The maximum Gasteiger partial charge on any atom is 0.359 e. The van der Waals surface area contributed by atoms with Crippen molar-refractivity contribution in [2.24, 2.45) is 0 Å². The highest BCUT2D eigenvalue weighted by Crippen LogP contribution is 1.86. The fourth-order valence-electron chi connectivity index (χ4n) is 0.143. The van der Waals surface area contributed by atoms with Crippen LogP contribution in [0.3, 0.4) is 0 Å². The minimum absolute atomic E-state index is 2.49. The lowest BCUT2D eigenvalue weighted by Gasteiger charge is -2.20. The van der Waals surface area contributed by atoms with Gasteiger partial charge in [-0.1, -0.05) is 0 Å². The van der Waals surface area contributed by atoms with Gasteiger partial charge in [0, 0.05) is 0 Å². The average Bonchev–Trinajstić information content (AvgIpc) is 1.92. The Bertz CT molecular complexity index is 327. The minimum Gasteiger partial charge on any atom is -0.477 e. The summed E-state index contributed by atoms with van der Waals surface area (Å²) in [6, 6.07) is 0. The third-order valence-electron chi connectivity index (χ3n) is 0.263. The maximum atomic E-state index is 10.9. The van der Waals surface area contributed by atoms with Gasteiger partial charge in [-0.05, 0) is 0 Å². The fourth-order valence-corrected chi connectivity index (χ4v) is 0.143. The molecule has 0 heterocycles. The molecule has 3 heteroatoms. The summed E-state index contributed by atoms with van der Waals surface area (Å²) in [5.41, 5.74) is 0. The first kappa shape index (κ1) is 1.01. The van der Waals surface area contributed by atoms with Crippen molar-refractivity contribution in [3.63, 3.8) is 0 Å². The Kier molecular flexibility index (Phi) is 0.269. The molecule has 0 aromatic heterocycles. The number of carboxylic acid groups (broad SMARTS) is 1. The number of hydrogen-bond donors (Lipinski definition) is 1. The largest absolute Gasteiger partial charge is 0.477 e. The molecule has 0 bridgehead atoms. The highest BCUT2D eigenvalue weighted by molar-refractivity contribution is 5.67. The molecule has 48 valence electrons. The van der Waals surface area contributed by atoms with E-state index in [1.807, 2.05) is 0 Å². The number of quaternary nitrogens is 1. The van der Waals surface area contributed by atoms with Crippen molar-refractivity contribution in [3.8, 4) is 0 Å². The zero-order valence-electron chi connectivity index (χ0n) is 14.8. The van der Waals surface area contributed by atoms with Crippen molar-refractivity contribution in [1.82, 2.24) is 0 Å². The van der Waals surface area contributed by atoms with Gasteiger partial charge in [-0.3, -0.25) is 0 Å². The lowest BCUT2D eigenvalue weighted by molar-refractivity contribution is -0.862. The van der Waals surface area contributed by atoms with Gasteiger partial charge in [0.2, 0.25) is 0 Å². The van der Waals surface area contributed by atoms with E-state index >= 15 is 0 Å². The van der Waals surface area contributed by atoms with Gasteiger partial charge in [-0.2, -0.15) is 0 Å². The van der Waals surface area contributed by atoms with Crippen LogP contribution in [0.1, 0.15) is 15.1 Å². The van der Waals surface area contributed by atoms with Crippen LogP contribution in [0.2, 0.25) is 0 Å². The summed E-state index contributed by atoms with van der Waals surface area (Å²) >= 11 is 0. The van der Waals surface area contributed by atoms with Crippen molar-refractivity contribution >= 4 is 5.97 Å². The van der Waals surface area contributed by atoms with Crippen LogP contribution < -0.4 is 0 Å². The molecule has 0 unspecified atom stereocenters. The second-order valence-electron chi connectivity index (χ2n) is 1.09. The Morgan fingerprint density at radius 1 is 1.88 bits per heavy atom. The van der Waals surface area contributed by atoms with Crippen LogP contribution in [0.25, 0.3) is 0 Å². The van der Waals surface area contributed by atoms with Crippen molar-refractivity contribution in [2.45, 2.75) is 0 Å². The van der Waals surface area contributed by atoms with Crippen molar-refractivity contribution in [1.29, 1.82) is 0 Å².